The molecule has 1 aromatic rings. The van der Waals surface area contributed by atoms with Crippen molar-refractivity contribution < 1.29 is 9.50 Å². The molecule has 0 saturated heterocycles. The summed E-state index contributed by atoms with van der Waals surface area (Å²) in [6.07, 6.45) is 0. The molecule has 0 unspecified atom stereocenters. The highest BCUT2D eigenvalue weighted by Crippen LogP contribution is 2.13. The third kappa shape index (κ3) is 1.66. The van der Waals surface area contributed by atoms with Gasteiger partial charge < -0.3 is 10.5 Å². The van der Waals surface area contributed by atoms with Gasteiger partial charge in [-0.3, -0.25) is 5.84 Å². The van der Waals surface area contributed by atoms with Gasteiger partial charge in [-0.15, -0.1) is 0 Å². The van der Waals surface area contributed by atoms with Gasteiger partial charge in [-0.2, -0.15) is 0 Å². The third-order valence-corrected chi connectivity index (χ3v) is 1.37. The molecule has 0 aromatic heterocycles. The molecular weight excluding hydrogens is 147 g/mol. The minimum atomic E-state index is -0.459. The summed E-state index contributed by atoms with van der Waals surface area (Å²) in [4.78, 5) is 0. The van der Waals surface area contributed by atoms with E-state index in [-0.39, 0.29) is 12.3 Å². The number of hydrazine groups is 1. The van der Waals surface area contributed by atoms with Crippen LogP contribution in [0.25, 0.3) is 0 Å². The molecule has 0 aliphatic carbocycles. The molecular formula is C7H9FN2O. The van der Waals surface area contributed by atoms with Gasteiger partial charge in [-0.1, -0.05) is 6.07 Å². The molecule has 60 valence electrons. The Hall–Kier alpha value is -1.13. The molecule has 3 nitrogen and oxygen atoms in total. The topological polar surface area (TPSA) is 58.3 Å². The summed E-state index contributed by atoms with van der Waals surface area (Å²) in [5, 5.41) is 8.61. The molecule has 4 heteroatoms. The average molecular weight is 156 g/mol. The molecule has 1 aromatic carbocycles. The number of benzene rings is 1. The van der Waals surface area contributed by atoms with E-state index < -0.39 is 5.82 Å². The van der Waals surface area contributed by atoms with Gasteiger partial charge in [0.2, 0.25) is 0 Å². The lowest BCUT2D eigenvalue weighted by atomic mass is 10.2. The Morgan fingerprint density at radius 1 is 1.55 bits per heavy atom. The minimum Gasteiger partial charge on any atom is -0.392 e. The Labute approximate surface area is 63.6 Å². The van der Waals surface area contributed by atoms with E-state index in [0.29, 0.717) is 5.56 Å². The third-order valence-electron chi connectivity index (χ3n) is 1.37. The van der Waals surface area contributed by atoms with Crippen LogP contribution in [0.15, 0.2) is 18.2 Å². The summed E-state index contributed by atoms with van der Waals surface area (Å²) in [6.45, 7) is -0.165. The molecule has 0 aliphatic heterocycles. The van der Waals surface area contributed by atoms with Crippen LogP contribution in [0.3, 0.4) is 0 Å². The molecule has 0 bridgehead atoms. The maximum absolute atomic E-state index is 12.8. The van der Waals surface area contributed by atoms with E-state index in [4.69, 9.17) is 10.9 Å². The Morgan fingerprint density at radius 2 is 2.27 bits per heavy atom. The monoisotopic (exact) mass is 156 g/mol. The largest absolute Gasteiger partial charge is 0.392 e. The van der Waals surface area contributed by atoms with Crippen LogP contribution in [-0.2, 0) is 6.61 Å². The van der Waals surface area contributed by atoms with Crippen LogP contribution in [-0.4, -0.2) is 5.11 Å². The second-order valence-electron chi connectivity index (χ2n) is 2.12. The quantitative estimate of drug-likeness (QED) is 0.434. The first-order valence-electron chi connectivity index (χ1n) is 3.14. The maximum atomic E-state index is 12.8. The molecule has 11 heavy (non-hydrogen) atoms. The van der Waals surface area contributed by atoms with Crippen molar-refractivity contribution in [1.29, 1.82) is 0 Å². The van der Waals surface area contributed by atoms with E-state index in [1.54, 1.807) is 6.07 Å². The van der Waals surface area contributed by atoms with Crippen LogP contribution in [0, 0.1) is 5.82 Å². The van der Waals surface area contributed by atoms with Gasteiger partial charge in [-0.25, -0.2) is 4.39 Å². The molecule has 0 saturated carbocycles. The lowest BCUT2D eigenvalue weighted by Gasteiger charge is -2.02. The zero-order valence-corrected chi connectivity index (χ0v) is 5.84. The van der Waals surface area contributed by atoms with E-state index >= 15 is 0 Å². The Bertz CT molecular complexity index is 252. The van der Waals surface area contributed by atoms with Gasteiger partial charge in [0.1, 0.15) is 5.82 Å². The molecule has 0 spiro atoms. The Kier molecular flexibility index (Phi) is 2.40. The van der Waals surface area contributed by atoms with Crippen LogP contribution in [0.4, 0.5) is 10.1 Å². The normalized spacial score (nSPS) is 9.73. The van der Waals surface area contributed by atoms with Gasteiger partial charge in [-0.05, 0) is 17.7 Å². The lowest BCUT2D eigenvalue weighted by Crippen LogP contribution is -2.08. The highest BCUT2D eigenvalue weighted by Gasteiger charge is 1.99. The summed E-state index contributed by atoms with van der Waals surface area (Å²) in [7, 11) is 0. The number of nitrogens with one attached hydrogen (secondary N) is 1. The highest BCUT2D eigenvalue weighted by molar-refractivity contribution is 5.44. The van der Waals surface area contributed by atoms with Gasteiger partial charge in [0.05, 0.1) is 12.3 Å². The molecule has 0 atom stereocenters. The van der Waals surface area contributed by atoms with E-state index in [2.05, 4.69) is 5.43 Å². The zero-order valence-electron chi connectivity index (χ0n) is 5.84. The Morgan fingerprint density at radius 3 is 2.73 bits per heavy atom. The van der Waals surface area contributed by atoms with Crippen LogP contribution in [0.2, 0.25) is 0 Å². The first-order valence-corrected chi connectivity index (χ1v) is 3.14. The lowest BCUT2D eigenvalue weighted by molar-refractivity contribution is 0.281. The summed E-state index contributed by atoms with van der Waals surface area (Å²) >= 11 is 0. The summed E-state index contributed by atoms with van der Waals surface area (Å²) in [6, 6.07) is 4.30. The highest BCUT2D eigenvalue weighted by atomic mass is 19.1. The molecule has 1 rings (SSSR count). The molecule has 0 heterocycles. The SMILES string of the molecule is NNc1ccc(CO)cc1F. The zero-order chi connectivity index (χ0) is 8.27. The number of aliphatic hydroxyl groups excluding tert-OH is 1. The predicted octanol–water partition coefficient (Wildman–Crippen LogP) is 0.604. The standard InChI is InChI=1S/C7H9FN2O/c8-6-3-5(4-11)1-2-7(6)10-9/h1-3,10-11H,4,9H2. The molecule has 4 N–H and O–H groups in total. The predicted molar refractivity (Wildman–Crippen MR) is 40.1 cm³/mol. The smallest absolute Gasteiger partial charge is 0.147 e. The number of nitrogens with two attached hydrogens (primary N) is 1. The van der Waals surface area contributed by atoms with Crippen molar-refractivity contribution in [2.75, 3.05) is 5.43 Å². The van der Waals surface area contributed by atoms with Crippen molar-refractivity contribution in [2.24, 2.45) is 5.84 Å². The fourth-order valence-corrected chi connectivity index (χ4v) is 0.774. The minimum absolute atomic E-state index is 0.165. The fourth-order valence-electron chi connectivity index (χ4n) is 0.774. The average Bonchev–Trinajstić information content (AvgIpc) is 2.04. The molecule has 0 radical (unpaired) electrons. The summed E-state index contributed by atoms with van der Waals surface area (Å²) < 4.78 is 12.8. The number of rotatable bonds is 2. The van der Waals surface area contributed by atoms with E-state index in [0.717, 1.165) is 0 Å². The number of halogens is 1. The number of hydrogen-bond acceptors (Lipinski definition) is 3. The van der Waals surface area contributed by atoms with E-state index in [9.17, 15) is 4.39 Å². The number of aliphatic hydroxyl groups is 1. The summed E-state index contributed by atoms with van der Waals surface area (Å²) in [5.41, 5.74) is 2.94. The van der Waals surface area contributed by atoms with Crippen LogP contribution >= 0.6 is 0 Å². The van der Waals surface area contributed by atoms with Crippen molar-refractivity contribution in [2.45, 2.75) is 6.61 Å². The van der Waals surface area contributed by atoms with Crippen molar-refractivity contribution in [3.63, 3.8) is 0 Å². The van der Waals surface area contributed by atoms with Crippen molar-refractivity contribution >= 4 is 5.69 Å². The van der Waals surface area contributed by atoms with Gasteiger partial charge in [0, 0.05) is 0 Å². The first kappa shape index (κ1) is 7.97. The number of hydrogen-bond donors (Lipinski definition) is 3. The number of anilines is 1. The maximum Gasteiger partial charge on any atom is 0.147 e. The second kappa shape index (κ2) is 3.32. The van der Waals surface area contributed by atoms with Gasteiger partial charge >= 0.3 is 0 Å². The van der Waals surface area contributed by atoms with Crippen LogP contribution in [0.5, 0.6) is 0 Å². The Balaban J connectivity index is 2.99. The molecule has 0 amide bonds. The number of nitrogen functional groups attached to an aromatic ring is 1. The molecule has 0 aliphatic rings. The van der Waals surface area contributed by atoms with Crippen molar-refractivity contribution in [3.8, 4) is 0 Å². The van der Waals surface area contributed by atoms with Crippen molar-refractivity contribution in [1.82, 2.24) is 0 Å². The van der Waals surface area contributed by atoms with Gasteiger partial charge in [0.25, 0.3) is 0 Å². The van der Waals surface area contributed by atoms with Crippen molar-refractivity contribution in [3.05, 3.63) is 29.6 Å². The van der Waals surface area contributed by atoms with E-state index in [1.165, 1.54) is 12.1 Å². The second-order valence-corrected chi connectivity index (χ2v) is 2.12. The van der Waals surface area contributed by atoms with E-state index in [1.807, 2.05) is 0 Å². The van der Waals surface area contributed by atoms with Crippen LogP contribution < -0.4 is 11.3 Å². The fraction of sp³-hybridized carbons (Fsp3) is 0.143. The summed E-state index contributed by atoms with van der Waals surface area (Å²) in [5.74, 6) is 4.53. The van der Waals surface area contributed by atoms with Gasteiger partial charge in [0.15, 0.2) is 0 Å². The first-order chi connectivity index (χ1) is 5.27. The molecule has 0 fully saturated rings. The van der Waals surface area contributed by atoms with Crippen LogP contribution in [0.1, 0.15) is 5.56 Å².